The number of nitrogens with two attached hydrogens (primary N) is 1. The van der Waals surface area contributed by atoms with E-state index in [1.807, 2.05) is 6.92 Å². The Morgan fingerprint density at radius 3 is 2.62 bits per heavy atom. The lowest BCUT2D eigenvalue weighted by Crippen LogP contribution is -2.32. The molecule has 0 aliphatic rings. The first-order valence-corrected chi connectivity index (χ1v) is 8.80. The predicted octanol–water partition coefficient (Wildman–Crippen LogP) is 3.20. The van der Waals surface area contributed by atoms with E-state index in [1.165, 1.54) is 24.4 Å². The van der Waals surface area contributed by atoms with Crippen molar-refractivity contribution in [1.29, 1.82) is 5.41 Å². The summed E-state index contributed by atoms with van der Waals surface area (Å²) in [5, 5.41) is 13.6. The van der Waals surface area contributed by atoms with Gasteiger partial charge in [0, 0.05) is 41.0 Å². The molecule has 5 N–H and O–H groups in total. The number of halogens is 1. The van der Waals surface area contributed by atoms with E-state index in [1.54, 1.807) is 25.3 Å². The molecule has 8 nitrogen and oxygen atoms in total. The van der Waals surface area contributed by atoms with E-state index in [-0.39, 0.29) is 11.5 Å². The van der Waals surface area contributed by atoms with Crippen molar-refractivity contribution in [2.75, 3.05) is 11.1 Å². The fraction of sp³-hybridized carbons (Fsp3) is 0.150. The van der Waals surface area contributed by atoms with Gasteiger partial charge in [-0.2, -0.15) is 0 Å². The van der Waals surface area contributed by atoms with Gasteiger partial charge in [-0.3, -0.25) is 20.7 Å². The van der Waals surface area contributed by atoms with Gasteiger partial charge in [0.25, 0.3) is 0 Å². The molecule has 0 saturated heterocycles. The number of anilines is 2. The van der Waals surface area contributed by atoms with Crippen molar-refractivity contribution >= 4 is 23.2 Å². The monoisotopic (exact) mass is 393 g/mol. The van der Waals surface area contributed by atoms with Crippen molar-refractivity contribution in [3.05, 3.63) is 77.3 Å². The van der Waals surface area contributed by atoms with Gasteiger partial charge in [0.1, 0.15) is 11.6 Å². The molecule has 148 valence electrons. The summed E-state index contributed by atoms with van der Waals surface area (Å²) in [5.41, 5.74) is 9.02. The van der Waals surface area contributed by atoms with Gasteiger partial charge < -0.3 is 11.1 Å². The first-order chi connectivity index (χ1) is 13.8. The summed E-state index contributed by atoms with van der Waals surface area (Å²) >= 11 is 0. The molecule has 2 amide bonds. The predicted molar refractivity (Wildman–Crippen MR) is 108 cm³/mol. The number of aryl methyl sites for hydroxylation is 1. The number of pyridine rings is 3. The van der Waals surface area contributed by atoms with Gasteiger partial charge in [-0.1, -0.05) is 0 Å². The van der Waals surface area contributed by atoms with Crippen molar-refractivity contribution in [2.45, 2.75) is 19.9 Å². The number of rotatable bonds is 5. The summed E-state index contributed by atoms with van der Waals surface area (Å²) < 4.78 is 13.0. The smallest absolute Gasteiger partial charge is 0.320 e. The topological polar surface area (TPSA) is 130 Å². The zero-order chi connectivity index (χ0) is 21.0. The van der Waals surface area contributed by atoms with E-state index in [0.717, 1.165) is 11.9 Å². The molecule has 3 aromatic heterocycles. The highest BCUT2D eigenvalue weighted by molar-refractivity contribution is 6.13. The van der Waals surface area contributed by atoms with E-state index < -0.39 is 17.9 Å². The Bertz CT molecular complexity index is 1050. The van der Waals surface area contributed by atoms with E-state index >= 15 is 0 Å². The average molecular weight is 393 g/mol. The third-order valence-corrected chi connectivity index (χ3v) is 4.17. The summed E-state index contributed by atoms with van der Waals surface area (Å²) in [4.78, 5) is 24.4. The average Bonchev–Trinajstić information content (AvgIpc) is 2.68. The van der Waals surface area contributed by atoms with Crippen LogP contribution in [0.1, 0.15) is 35.5 Å². The Labute approximate surface area is 166 Å². The maximum absolute atomic E-state index is 13.0. The number of urea groups is 1. The highest BCUT2D eigenvalue weighted by Gasteiger charge is 2.14. The maximum Gasteiger partial charge on any atom is 0.320 e. The number of hydrogen-bond acceptors (Lipinski definition) is 6. The van der Waals surface area contributed by atoms with E-state index in [0.29, 0.717) is 22.5 Å². The van der Waals surface area contributed by atoms with Crippen LogP contribution in [-0.2, 0) is 0 Å². The van der Waals surface area contributed by atoms with Crippen molar-refractivity contribution in [3.8, 4) is 0 Å². The molecule has 3 rings (SSSR count). The summed E-state index contributed by atoms with van der Waals surface area (Å²) in [5.74, 6) is -0.209. The normalized spacial score (nSPS) is 11.6. The molecule has 0 aliphatic carbocycles. The quantitative estimate of drug-likeness (QED) is 0.495. The van der Waals surface area contributed by atoms with Gasteiger partial charge in [0.15, 0.2) is 0 Å². The molecule has 0 bridgehead atoms. The van der Waals surface area contributed by atoms with E-state index in [2.05, 4.69) is 25.6 Å². The molecular formula is C20H20FN7O. The van der Waals surface area contributed by atoms with Crippen LogP contribution >= 0.6 is 0 Å². The van der Waals surface area contributed by atoms with Crippen LogP contribution in [0, 0.1) is 18.2 Å². The SMILES string of the molecule is Cc1cc(C(=N)c2cnc(NC(=O)NC(C)c3ccc(F)cn3)cc2N)ccn1. The maximum atomic E-state index is 13.0. The minimum absolute atomic E-state index is 0.215. The van der Waals surface area contributed by atoms with Gasteiger partial charge in [-0.15, -0.1) is 0 Å². The third kappa shape index (κ3) is 4.89. The Morgan fingerprint density at radius 2 is 1.97 bits per heavy atom. The minimum Gasteiger partial charge on any atom is -0.398 e. The van der Waals surface area contributed by atoms with Crippen LogP contribution in [0.2, 0.25) is 0 Å². The number of nitrogens with zero attached hydrogens (tertiary/aromatic N) is 3. The van der Waals surface area contributed by atoms with Crippen LogP contribution < -0.4 is 16.4 Å². The van der Waals surface area contributed by atoms with Gasteiger partial charge >= 0.3 is 6.03 Å². The summed E-state index contributed by atoms with van der Waals surface area (Å²) in [6, 6.07) is 6.82. The zero-order valence-corrected chi connectivity index (χ0v) is 15.9. The number of nitrogens with one attached hydrogen (secondary N) is 3. The van der Waals surface area contributed by atoms with Crippen molar-refractivity contribution < 1.29 is 9.18 Å². The highest BCUT2D eigenvalue weighted by Crippen LogP contribution is 2.19. The molecule has 3 aromatic rings. The van der Waals surface area contributed by atoms with Crippen LogP contribution in [0.4, 0.5) is 20.7 Å². The molecule has 0 spiro atoms. The van der Waals surface area contributed by atoms with Crippen molar-refractivity contribution in [2.24, 2.45) is 0 Å². The number of nitrogen functional groups attached to an aromatic ring is 1. The second kappa shape index (κ2) is 8.42. The largest absolute Gasteiger partial charge is 0.398 e. The first-order valence-electron chi connectivity index (χ1n) is 8.80. The van der Waals surface area contributed by atoms with Crippen LogP contribution in [0.5, 0.6) is 0 Å². The number of hydrogen-bond donors (Lipinski definition) is 4. The lowest BCUT2D eigenvalue weighted by Gasteiger charge is -2.14. The van der Waals surface area contributed by atoms with Gasteiger partial charge in [0.2, 0.25) is 0 Å². The molecule has 1 atom stereocenters. The molecule has 0 aromatic carbocycles. The highest BCUT2D eigenvalue weighted by atomic mass is 19.1. The fourth-order valence-corrected chi connectivity index (χ4v) is 2.67. The molecular weight excluding hydrogens is 373 g/mol. The van der Waals surface area contributed by atoms with Crippen LogP contribution in [0.25, 0.3) is 0 Å². The molecule has 0 saturated carbocycles. The second-order valence-corrected chi connectivity index (χ2v) is 6.44. The van der Waals surface area contributed by atoms with Crippen LogP contribution in [0.15, 0.2) is 48.9 Å². The zero-order valence-electron chi connectivity index (χ0n) is 15.9. The molecule has 0 aliphatic heterocycles. The molecule has 0 fully saturated rings. The number of carbonyl (C=O) groups is 1. The Hall–Kier alpha value is -3.88. The summed E-state index contributed by atoms with van der Waals surface area (Å²) in [6.45, 7) is 3.56. The lowest BCUT2D eigenvalue weighted by atomic mass is 10.0. The van der Waals surface area contributed by atoms with Gasteiger partial charge in [-0.25, -0.2) is 14.2 Å². The summed E-state index contributed by atoms with van der Waals surface area (Å²) in [7, 11) is 0. The van der Waals surface area contributed by atoms with Crippen molar-refractivity contribution in [1.82, 2.24) is 20.3 Å². The molecule has 1 unspecified atom stereocenters. The molecule has 0 radical (unpaired) electrons. The third-order valence-electron chi connectivity index (χ3n) is 4.17. The second-order valence-electron chi connectivity index (χ2n) is 6.44. The number of aromatic nitrogens is 3. The molecule has 9 heteroatoms. The minimum atomic E-state index is -0.511. The van der Waals surface area contributed by atoms with Crippen LogP contribution in [-0.4, -0.2) is 26.7 Å². The standard InChI is InChI=1S/C20H20FN7O/c1-11-7-13(5-6-24-11)19(23)15-10-26-18(8-16(15)22)28-20(29)27-12(2)17-4-3-14(21)9-25-17/h3-10,12,23H,1-2H3,(H4,22,26,27,28,29). The number of carbonyl (C=O) groups excluding carboxylic acids is 1. The summed E-state index contributed by atoms with van der Waals surface area (Å²) in [6.07, 6.45) is 4.15. The van der Waals surface area contributed by atoms with E-state index in [9.17, 15) is 9.18 Å². The Balaban J connectivity index is 1.67. The molecule has 3 heterocycles. The first kappa shape index (κ1) is 19.9. The Morgan fingerprint density at radius 1 is 1.17 bits per heavy atom. The molecule has 29 heavy (non-hydrogen) atoms. The van der Waals surface area contributed by atoms with Crippen LogP contribution in [0.3, 0.4) is 0 Å². The number of amides is 2. The Kier molecular flexibility index (Phi) is 5.77. The van der Waals surface area contributed by atoms with Crippen molar-refractivity contribution in [3.63, 3.8) is 0 Å². The van der Waals surface area contributed by atoms with Gasteiger partial charge in [-0.05, 0) is 38.1 Å². The van der Waals surface area contributed by atoms with Gasteiger partial charge in [0.05, 0.1) is 23.6 Å². The lowest BCUT2D eigenvalue weighted by molar-refractivity contribution is 0.249. The fourth-order valence-electron chi connectivity index (χ4n) is 2.67. The van der Waals surface area contributed by atoms with E-state index in [4.69, 9.17) is 11.1 Å².